The Morgan fingerprint density at radius 2 is 1.75 bits per heavy atom. The molecule has 1 aromatic heterocycles. The highest BCUT2D eigenvalue weighted by Crippen LogP contribution is 2.29. The first kappa shape index (κ1) is 12.9. The highest BCUT2D eigenvalue weighted by atomic mass is 32.2. The Bertz CT molecular complexity index is 756. The van der Waals surface area contributed by atoms with E-state index in [-0.39, 0.29) is 0 Å². The number of hydrogen-bond acceptors (Lipinski definition) is 4. The number of aryl methyl sites for hydroxylation is 1. The van der Waals surface area contributed by atoms with Gasteiger partial charge in [-0.2, -0.15) is 0 Å². The zero-order valence-corrected chi connectivity index (χ0v) is 12.2. The summed E-state index contributed by atoms with van der Waals surface area (Å²) < 4.78 is 0. The van der Waals surface area contributed by atoms with E-state index in [1.807, 2.05) is 20.0 Å². The highest BCUT2D eigenvalue weighted by Gasteiger charge is 2.04. The molecule has 3 rings (SSSR count). The summed E-state index contributed by atoms with van der Waals surface area (Å²) in [6.07, 6.45) is 0. The number of hydrogen-bond donors (Lipinski definition) is 1. The molecule has 3 aromatic rings. The zero-order chi connectivity index (χ0) is 13.9. The maximum absolute atomic E-state index is 4.47. The Balaban J connectivity index is 1.94. The van der Waals surface area contributed by atoms with Crippen LogP contribution in [0.15, 0.2) is 58.5 Å². The maximum atomic E-state index is 4.47. The van der Waals surface area contributed by atoms with Crippen molar-refractivity contribution in [3.63, 3.8) is 0 Å². The van der Waals surface area contributed by atoms with Crippen molar-refractivity contribution in [1.82, 2.24) is 9.97 Å². The molecule has 0 saturated heterocycles. The predicted octanol–water partition coefficient (Wildman–Crippen LogP) is 4.13. The first-order valence-electron chi connectivity index (χ1n) is 6.45. The molecule has 0 aliphatic carbocycles. The second-order valence-electron chi connectivity index (χ2n) is 4.50. The summed E-state index contributed by atoms with van der Waals surface area (Å²) in [6.45, 7) is 1.91. The van der Waals surface area contributed by atoms with Gasteiger partial charge in [-0.15, -0.1) is 0 Å². The van der Waals surface area contributed by atoms with E-state index in [9.17, 15) is 0 Å². The normalized spacial score (nSPS) is 10.7. The van der Waals surface area contributed by atoms with Gasteiger partial charge in [0.05, 0.1) is 0 Å². The lowest BCUT2D eigenvalue weighted by Gasteiger charge is -2.06. The Morgan fingerprint density at radius 3 is 2.55 bits per heavy atom. The lowest BCUT2D eigenvalue weighted by Crippen LogP contribution is -1.97. The van der Waals surface area contributed by atoms with Crippen LogP contribution in [0.5, 0.6) is 0 Å². The minimum absolute atomic E-state index is 0.778. The third-order valence-corrected chi connectivity index (χ3v) is 3.92. The fraction of sp³-hybridized carbons (Fsp3) is 0.125. The lowest BCUT2D eigenvalue weighted by atomic mass is 10.1. The standard InChI is InChI=1S/C16H15N3S/c1-11-18-15(17-2)10-16(19-11)20-14-8-7-12-5-3-4-6-13(12)9-14/h3-10H,1-2H3,(H,17,18,19). The molecular formula is C16H15N3S. The van der Waals surface area contributed by atoms with E-state index in [4.69, 9.17) is 0 Å². The van der Waals surface area contributed by atoms with Crippen molar-refractivity contribution >= 4 is 28.4 Å². The van der Waals surface area contributed by atoms with Gasteiger partial charge >= 0.3 is 0 Å². The van der Waals surface area contributed by atoms with E-state index in [0.29, 0.717) is 0 Å². The van der Waals surface area contributed by atoms with Crippen LogP contribution >= 0.6 is 11.8 Å². The zero-order valence-electron chi connectivity index (χ0n) is 11.4. The van der Waals surface area contributed by atoms with Crippen molar-refractivity contribution < 1.29 is 0 Å². The van der Waals surface area contributed by atoms with Crippen LogP contribution in [0.2, 0.25) is 0 Å². The second-order valence-corrected chi connectivity index (χ2v) is 5.59. The molecule has 100 valence electrons. The molecule has 0 aliphatic rings. The van der Waals surface area contributed by atoms with Gasteiger partial charge in [0, 0.05) is 18.0 Å². The largest absolute Gasteiger partial charge is 0.373 e. The predicted molar refractivity (Wildman–Crippen MR) is 84.4 cm³/mol. The van der Waals surface area contributed by atoms with Crippen LogP contribution in [0.1, 0.15) is 5.82 Å². The van der Waals surface area contributed by atoms with Crippen LogP contribution in [0, 0.1) is 6.92 Å². The van der Waals surface area contributed by atoms with Crippen molar-refractivity contribution in [3.05, 3.63) is 54.4 Å². The molecular weight excluding hydrogens is 266 g/mol. The molecule has 4 heteroatoms. The molecule has 20 heavy (non-hydrogen) atoms. The minimum atomic E-state index is 0.778. The van der Waals surface area contributed by atoms with Crippen molar-refractivity contribution in [2.75, 3.05) is 12.4 Å². The molecule has 0 spiro atoms. The number of benzene rings is 2. The van der Waals surface area contributed by atoms with Gasteiger partial charge in [0.15, 0.2) is 0 Å². The van der Waals surface area contributed by atoms with Gasteiger partial charge in [0.25, 0.3) is 0 Å². The Hall–Kier alpha value is -2.07. The molecule has 0 atom stereocenters. The average Bonchev–Trinajstić information content (AvgIpc) is 2.46. The van der Waals surface area contributed by atoms with Crippen molar-refractivity contribution in [2.24, 2.45) is 0 Å². The van der Waals surface area contributed by atoms with Crippen LogP contribution in [-0.2, 0) is 0 Å². The topological polar surface area (TPSA) is 37.8 Å². The molecule has 0 bridgehead atoms. The van der Waals surface area contributed by atoms with Crippen LogP contribution in [-0.4, -0.2) is 17.0 Å². The van der Waals surface area contributed by atoms with Gasteiger partial charge in [-0.3, -0.25) is 0 Å². The van der Waals surface area contributed by atoms with Crippen LogP contribution in [0.4, 0.5) is 5.82 Å². The number of nitrogens with zero attached hydrogens (tertiary/aromatic N) is 2. The van der Waals surface area contributed by atoms with E-state index < -0.39 is 0 Å². The average molecular weight is 281 g/mol. The van der Waals surface area contributed by atoms with Crippen molar-refractivity contribution in [2.45, 2.75) is 16.8 Å². The van der Waals surface area contributed by atoms with Gasteiger partial charge in [-0.1, -0.05) is 42.1 Å². The smallest absolute Gasteiger partial charge is 0.130 e. The van der Waals surface area contributed by atoms with Crippen LogP contribution < -0.4 is 5.32 Å². The fourth-order valence-corrected chi connectivity index (χ4v) is 2.98. The first-order chi connectivity index (χ1) is 9.74. The quantitative estimate of drug-likeness (QED) is 0.732. The summed E-state index contributed by atoms with van der Waals surface area (Å²) in [7, 11) is 1.87. The SMILES string of the molecule is CNc1cc(Sc2ccc3ccccc3c2)nc(C)n1. The van der Waals surface area contributed by atoms with Gasteiger partial charge in [0.1, 0.15) is 16.7 Å². The molecule has 2 aromatic carbocycles. The number of rotatable bonds is 3. The lowest BCUT2D eigenvalue weighted by molar-refractivity contribution is 0.969. The van der Waals surface area contributed by atoms with Crippen molar-refractivity contribution in [3.8, 4) is 0 Å². The molecule has 1 heterocycles. The fourth-order valence-electron chi connectivity index (χ4n) is 2.07. The molecule has 0 radical (unpaired) electrons. The molecule has 1 N–H and O–H groups in total. The summed E-state index contributed by atoms with van der Waals surface area (Å²) in [4.78, 5) is 9.96. The molecule has 0 amide bonds. The molecule has 0 aliphatic heterocycles. The maximum Gasteiger partial charge on any atom is 0.130 e. The summed E-state index contributed by atoms with van der Waals surface area (Å²) in [5.74, 6) is 1.63. The number of nitrogens with one attached hydrogen (secondary N) is 1. The second kappa shape index (κ2) is 5.51. The number of aromatic nitrogens is 2. The summed E-state index contributed by atoms with van der Waals surface area (Å²) >= 11 is 1.66. The third kappa shape index (κ3) is 2.75. The van der Waals surface area contributed by atoms with E-state index in [2.05, 4.69) is 57.7 Å². The van der Waals surface area contributed by atoms with Crippen LogP contribution in [0.25, 0.3) is 10.8 Å². The first-order valence-corrected chi connectivity index (χ1v) is 7.26. The highest BCUT2D eigenvalue weighted by molar-refractivity contribution is 7.99. The number of fused-ring (bicyclic) bond motifs is 1. The monoisotopic (exact) mass is 281 g/mol. The summed E-state index contributed by atoms with van der Waals surface area (Å²) in [6, 6.07) is 16.8. The molecule has 3 nitrogen and oxygen atoms in total. The molecule has 0 fully saturated rings. The van der Waals surface area contributed by atoms with E-state index in [0.717, 1.165) is 16.7 Å². The summed E-state index contributed by atoms with van der Waals surface area (Å²) in [5.41, 5.74) is 0. The van der Waals surface area contributed by atoms with Crippen molar-refractivity contribution in [1.29, 1.82) is 0 Å². The third-order valence-electron chi connectivity index (χ3n) is 3.01. The summed E-state index contributed by atoms with van der Waals surface area (Å²) in [5, 5.41) is 6.52. The van der Waals surface area contributed by atoms with Gasteiger partial charge in [-0.25, -0.2) is 9.97 Å². The van der Waals surface area contributed by atoms with E-state index >= 15 is 0 Å². The Labute approximate surface area is 122 Å². The van der Waals surface area contributed by atoms with Crippen LogP contribution in [0.3, 0.4) is 0 Å². The molecule has 0 unspecified atom stereocenters. The minimum Gasteiger partial charge on any atom is -0.373 e. The Morgan fingerprint density at radius 1 is 0.950 bits per heavy atom. The van der Waals surface area contributed by atoms with Gasteiger partial charge in [0.2, 0.25) is 0 Å². The Kier molecular flexibility index (Phi) is 3.56. The number of anilines is 1. The molecule has 0 saturated carbocycles. The van der Waals surface area contributed by atoms with E-state index in [1.54, 1.807) is 11.8 Å². The van der Waals surface area contributed by atoms with Gasteiger partial charge < -0.3 is 5.32 Å². The van der Waals surface area contributed by atoms with Gasteiger partial charge in [-0.05, 0) is 29.8 Å². The van der Waals surface area contributed by atoms with E-state index in [1.165, 1.54) is 15.7 Å².